The molecule has 1 heterocycles. The van der Waals surface area contributed by atoms with Crippen LogP contribution in [0.5, 0.6) is 5.75 Å². The zero-order valence-corrected chi connectivity index (χ0v) is 13.5. The van der Waals surface area contributed by atoms with Crippen molar-refractivity contribution in [3.8, 4) is 16.9 Å². The van der Waals surface area contributed by atoms with Crippen LogP contribution in [-0.4, -0.2) is 6.61 Å². The zero-order valence-electron chi connectivity index (χ0n) is 11.9. The summed E-state index contributed by atoms with van der Waals surface area (Å²) >= 11 is 3.72. The molecular weight excluding hydrogens is 336 g/mol. The van der Waals surface area contributed by atoms with Crippen molar-refractivity contribution in [3.05, 3.63) is 69.7 Å². The highest BCUT2D eigenvalue weighted by atomic mass is 79.9. The molecular formula is C20H13BrO. The summed E-state index contributed by atoms with van der Waals surface area (Å²) in [7, 11) is 0. The standard InChI is InChI=1S/C20H13BrO/c21-18-9-3-7-13-16(18)11-17-15-8-4-10-22-20(15)14-6-2-1-5-12(14)19(13)17/h1-9H,10-11H2. The second kappa shape index (κ2) is 4.47. The highest BCUT2D eigenvalue weighted by molar-refractivity contribution is 9.10. The van der Waals surface area contributed by atoms with Gasteiger partial charge in [-0.2, -0.15) is 0 Å². The molecule has 1 aliphatic carbocycles. The van der Waals surface area contributed by atoms with Gasteiger partial charge >= 0.3 is 0 Å². The van der Waals surface area contributed by atoms with E-state index in [2.05, 4.69) is 70.5 Å². The van der Waals surface area contributed by atoms with Crippen LogP contribution in [0.3, 0.4) is 0 Å². The van der Waals surface area contributed by atoms with Crippen LogP contribution in [-0.2, 0) is 6.42 Å². The Morgan fingerprint density at radius 2 is 1.77 bits per heavy atom. The Labute approximate surface area is 137 Å². The Kier molecular flexibility index (Phi) is 2.53. The Morgan fingerprint density at radius 1 is 0.909 bits per heavy atom. The van der Waals surface area contributed by atoms with Gasteiger partial charge in [-0.15, -0.1) is 0 Å². The van der Waals surface area contributed by atoms with Crippen LogP contribution in [0.2, 0.25) is 0 Å². The summed E-state index contributed by atoms with van der Waals surface area (Å²) in [4.78, 5) is 0. The third kappa shape index (κ3) is 1.53. The van der Waals surface area contributed by atoms with Gasteiger partial charge < -0.3 is 4.74 Å². The van der Waals surface area contributed by atoms with E-state index in [9.17, 15) is 0 Å². The molecule has 0 saturated heterocycles. The first-order chi connectivity index (χ1) is 10.8. The number of benzene rings is 3. The maximum Gasteiger partial charge on any atom is 0.135 e. The summed E-state index contributed by atoms with van der Waals surface area (Å²) in [6, 6.07) is 15.1. The smallest absolute Gasteiger partial charge is 0.135 e. The molecule has 0 saturated carbocycles. The van der Waals surface area contributed by atoms with E-state index in [0.717, 1.165) is 12.2 Å². The molecule has 1 nitrogen and oxygen atoms in total. The molecule has 0 aromatic heterocycles. The van der Waals surface area contributed by atoms with E-state index < -0.39 is 0 Å². The third-order valence-electron chi connectivity index (χ3n) is 4.66. The number of rotatable bonds is 0. The quantitative estimate of drug-likeness (QED) is 0.403. The molecule has 0 atom stereocenters. The topological polar surface area (TPSA) is 9.23 Å². The summed E-state index contributed by atoms with van der Waals surface area (Å²) in [5.74, 6) is 1.04. The average Bonchev–Trinajstić information content (AvgIpc) is 2.97. The molecule has 3 aromatic rings. The van der Waals surface area contributed by atoms with Crippen molar-refractivity contribution >= 4 is 32.8 Å². The van der Waals surface area contributed by atoms with Crippen molar-refractivity contribution in [2.45, 2.75) is 6.42 Å². The fraction of sp³-hybridized carbons (Fsp3) is 0.100. The van der Waals surface area contributed by atoms with Gasteiger partial charge in [-0.25, -0.2) is 0 Å². The minimum absolute atomic E-state index is 0.659. The molecule has 5 rings (SSSR count). The van der Waals surface area contributed by atoms with Gasteiger partial charge in [0.2, 0.25) is 0 Å². The molecule has 0 N–H and O–H groups in total. The van der Waals surface area contributed by atoms with Crippen molar-refractivity contribution in [1.29, 1.82) is 0 Å². The lowest BCUT2D eigenvalue weighted by Gasteiger charge is -2.19. The van der Waals surface area contributed by atoms with Gasteiger partial charge in [0.1, 0.15) is 12.4 Å². The molecule has 0 bridgehead atoms. The molecule has 22 heavy (non-hydrogen) atoms. The molecule has 0 radical (unpaired) electrons. The molecule has 2 aliphatic rings. The van der Waals surface area contributed by atoms with E-state index >= 15 is 0 Å². The van der Waals surface area contributed by atoms with Crippen molar-refractivity contribution < 1.29 is 4.74 Å². The Hall–Kier alpha value is -2.06. The van der Waals surface area contributed by atoms with Crippen LogP contribution in [0, 0.1) is 0 Å². The van der Waals surface area contributed by atoms with Gasteiger partial charge in [0.25, 0.3) is 0 Å². The summed E-state index contributed by atoms with van der Waals surface area (Å²) < 4.78 is 7.19. The van der Waals surface area contributed by atoms with E-state index in [1.54, 1.807) is 0 Å². The molecule has 106 valence electrons. The van der Waals surface area contributed by atoms with E-state index in [4.69, 9.17) is 4.74 Å². The number of halogens is 1. The van der Waals surface area contributed by atoms with Gasteiger partial charge in [0.15, 0.2) is 0 Å². The molecule has 0 unspecified atom stereocenters. The predicted octanol–water partition coefficient (Wildman–Crippen LogP) is 5.58. The SMILES string of the molecule is Brc1cccc2c1Cc1c3c(c4ccccc4c1-2)OCC=C3. The van der Waals surface area contributed by atoms with Gasteiger partial charge in [0, 0.05) is 21.8 Å². The second-order valence-corrected chi connectivity index (χ2v) is 6.65. The third-order valence-corrected chi connectivity index (χ3v) is 5.41. The summed E-state index contributed by atoms with van der Waals surface area (Å²) in [5, 5.41) is 2.51. The van der Waals surface area contributed by atoms with Gasteiger partial charge in [0.05, 0.1) is 0 Å². The second-order valence-electron chi connectivity index (χ2n) is 5.80. The highest BCUT2D eigenvalue weighted by Gasteiger charge is 2.28. The van der Waals surface area contributed by atoms with E-state index in [1.807, 2.05) is 0 Å². The van der Waals surface area contributed by atoms with Crippen molar-refractivity contribution in [3.63, 3.8) is 0 Å². The maximum absolute atomic E-state index is 5.99. The number of hydrogen-bond donors (Lipinski definition) is 0. The fourth-order valence-corrected chi connectivity index (χ4v) is 4.25. The minimum atomic E-state index is 0.659. The number of hydrogen-bond acceptors (Lipinski definition) is 1. The summed E-state index contributed by atoms with van der Waals surface area (Å²) in [6.07, 6.45) is 5.30. The average molecular weight is 349 g/mol. The number of ether oxygens (including phenoxy) is 1. The van der Waals surface area contributed by atoms with Gasteiger partial charge in [-0.3, -0.25) is 0 Å². The predicted molar refractivity (Wildman–Crippen MR) is 94.4 cm³/mol. The van der Waals surface area contributed by atoms with Crippen LogP contribution in [0.25, 0.3) is 28.0 Å². The van der Waals surface area contributed by atoms with Gasteiger partial charge in [-0.05, 0) is 39.8 Å². The van der Waals surface area contributed by atoms with E-state index in [0.29, 0.717) is 6.61 Å². The largest absolute Gasteiger partial charge is 0.488 e. The van der Waals surface area contributed by atoms with E-state index in [1.165, 1.54) is 43.1 Å². The van der Waals surface area contributed by atoms with Crippen LogP contribution in [0.4, 0.5) is 0 Å². The first-order valence-electron chi connectivity index (χ1n) is 7.49. The zero-order chi connectivity index (χ0) is 14.7. The Morgan fingerprint density at radius 3 is 2.68 bits per heavy atom. The monoisotopic (exact) mass is 348 g/mol. The molecule has 0 amide bonds. The molecule has 0 spiro atoms. The maximum atomic E-state index is 5.99. The van der Waals surface area contributed by atoms with Crippen molar-refractivity contribution in [2.75, 3.05) is 6.61 Å². The Bertz CT molecular complexity index is 969. The molecule has 3 aromatic carbocycles. The fourth-order valence-electron chi connectivity index (χ4n) is 3.75. The normalized spacial score (nSPS) is 14.4. The summed E-state index contributed by atoms with van der Waals surface area (Å²) in [6.45, 7) is 0.659. The van der Waals surface area contributed by atoms with Crippen molar-refractivity contribution in [1.82, 2.24) is 0 Å². The van der Waals surface area contributed by atoms with Gasteiger partial charge in [-0.1, -0.05) is 58.4 Å². The van der Waals surface area contributed by atoms with Crippen LogP contribution in [0.1, 0.15) is 16.7 Å². The van der Waals surface area contributed by atoms with Crippen LogP contribution in [0.15, 0.2) is 53.0 Å². The summed E-state index contributed by atoms with van der Waals surface area (Å²) in [5.41, 5.74) is 6.76. The lowest BCUT2D eigenvalue weighted by atomic mass is 9.92. The minimum Gasteiger partial charge on any atom is -0.488 e. The first kappa shape index (κ1) is 12.5. The molecule has 0 fully saturated rings. The lowest BCUT2D eigenvalue weighted by Crippen LogP contribution is -2.04. The lowest BCUT2D eigenvalue weighted by molar-refractivity contribution is 0.362. The van der Waals surface area contributed by atoms with E-state index in [-0.39, 0.29) is 0 Å². The van der Waals surface area contributed by atoms with Crippen LogP contribution >= 0.6 is 15.9 Å². The molecule has 2 heteroatoms. The Balaban J connectivity index is 1.99. The first-order valence-corrected chi connectivity index (χ1v) is 8.28. The highest BCUT2D eigenvalue weighted by Crippen LogP contribution is 2.49. The molecule has 1 aliphatic heterocycles. The van der Waals surface area contributed by atoms with Crippen molar-refractivity contribution in [2.24, 2.45) is 0 Å². The number of fused-ring (bicyclic) bond motifs is 8. The van der Waals surface area contributed by atoms with Crippen LogP contribution < -0.4 is 4.74 Å².